The van der Waals surface area contributed by atoms with Crippen LogP contribution >= 0.6 is 0 Å². The minimum absolute atomic E-state index is 0.107. The predicted octanol–water partition coefficient (Wildman–Crippen LogP) is 1.87. The normalized spacial score (nSPS) is 23.0. The van der Waals surface area contributed by atoms with Gasteiger partial charge in [-0.3, -0.25) is 0 Å². The van der Waals surface area contributed by atoms with Gasteiger partial charge in [-0.05, 0) is 37.7 Å². The highest BCUT2D eigenvalue weighted by molar-refractivity contribution is 5.39. The molecule has 0 saturated heterocycles. The Hall–Kier alpha value is -1.36. The zero-order chi connectivity index (χ0) is 12.8. The second-order valence-corrected chi connectivity index (χ2v) is 4.91. The Labute approximate surface area is 108 Å². The lowest BCUT2D eigenvalue weighted by molar-refractivity contribution is 0.178. The zero-order valence-electron chi connectivity index (χ0n) is 10.9. The predicted molar refractivity (Wildman–Crippen MR) is 72.7 cm³/mol. The molecule has 18 heavy (non-hydrogen) atoms. The van der Waals surface area contributed by atoms with Crippen LogP contribution in [-0.2, 0) is 0 Å². The maximum atomic E-state index is 9.47. The van der Waals surface area contributed by atoms with E-state index in [9.17, 15) is 5.11 Å². The zero-order valence-corrected chi connectivity index (χ0v) is 10.9. The first-order chi connectivity index (χ1) is 8.78. The summed E-state index contributed by atoms with van der Waals surface area (Å²) in [5.74, 6) is 2.08. The van der Waals surface area contributed by atoms with E-state index in [1.165, 1.54) is 0 Å². The molecule has 1 fully saturated rings. The Morgan fingerprint density at radius 2 is 2.28 bits per heavy atom. The molecule has 0 aromatic carbocycles. The molecule has 0 bridgehead atoms. The fourth-order valence-electron chi connectivity index (χ4n) is 2.26. The van der Waals surface area contributed by atoms with Gasteiger partial charge >= 0.3 is 0 Å². The fraction of sp³-hybridized carbons (Fsp3) is 0.692. The summed E-state index contributed by atoms with van der Waals surface area (Å²) in [7, 11) is 0. The molecular weight excluding hydrogens is 228 g/mol. The molecule has 0 amide bonds. The first-order valence-corrected chi connectivity index (χ1v) is 6.76. The van der Waals surface area contributed by atoms with Gasteiger partial charge in [0, 0.05) is 19.3 Å². The third kappa shape index (κ3) is 3.84. The number of anilines is 2. The van der Waals surface area contributed by atoms with Crippen LogP contribution in [-0.4, -0.2) is 34.3 Å². The quantitative estimate of drug-likeness (QED) is 0.719. The van der Waals surface area contributed by atoms with Crippen LogP contribution in [0.15, 0.2) is 12.3 Å². The molecule has 1 heterocycles. The van der Waals surface area contributed by atoms with Crippen molar-refractivity contribution in [2.75, 3.05) is 23.7 Å². The molecule has 1 saturated carbocycles. The van der Waals surface area contributed by atoms with Gasteiger partial charge in [0.15, 0.2) is 0 Å². The topological polar surface area (TPSA) is 70.1 Å². The molecule has 0 radical (unpaired) electrons. The van der Waals surface area contributed by atoms with Crippen LogP contribution in [0.4, 0.5) is 11.8 Å². The van der Waals surface area contributed by atoms with Crippen molar-refractivity contribution < 1.29 is 5.11 Å². The highest BCUT2D eigenvalue weighted by atomic mass is 16.3. The van der Waals surface area contributed by atoms with Gasteiger partial charge in [0.25, 0.3) is 0 Å². The van der Waals surface area contributed by atoms with E-state index < -0.39 is 0 Å². The molecule has 1 aliphatic carbocycles. The Kier molecular flexibility index (Phi) is 4.75. The van der Waals surface area contributed by atoms with Crippen molar-refractivity contribution in [3.63, 3.8) is 0 Å². The number of aliphatic hydroxyl groups is 1. The summed E-state index contributed by atoms with van der Waals surface area (Å²) in [6.07, 6.45) is 5.64. The SMILES string of the molecule is CCCNc1nccc(NCC2CCC(O)C2)n1. The lowest BCUT2D eigenvalue weighted by Crippen LogP contribution is -2.14. The average Bonchev–Trinajstić information content (AvgIpc) is 2.80. The van der Waals surface area contributed by atoms with Crippen LogP contribution < -0.4 is 10.6 Å². The van der Waals surface area contributed by atoms with Crippen molar-refractivity contribution in [2.24, 2.45) is 5.92 Å². The molecule has 2 atom stereocenters. The largest absolute Gasteiger partial charge is 0.393 e. The van der Waals surface area contributed by atoms with Crippen LogP contribution in [0.25, 0.3) is 0 Å². The van der Waals surface area contributed by atoms with Crippen LogP contribution in [0.5, 0.6) is 0 Å². The van der Waals surface area contributed by atoms with Crippen molar-refractivity contribution in [1.29, 1.82) is 0 Å². The summed E-state index contributed by atoms with van der Waals surface area (Å²) >= 11 is 0. The summed E-state index contributed by atoms with van der Waals surface area (Å²) in [6, 6.07) is 1.88. The van der Waals surface area contributed by atoms with Crippen LogP contribution in [0, 0.1) is 5.92 Å². The molecule has 100 valence electrons. The molecule has 1 aromatic rings. The maximum absolute atomic E-state index is 9.47. The molecule has 1 aliphatic rings. The van der Waals surface area contributed by atoms with Crippen LogP contribution in [0.1, 0.15) is 32.6 Å². The molecule has 0 spiro atoms. The molecule has 2 rings (SSSR count). The smallest absolute Gasteiger partial charge is 0.224 e. The lowest BCUT2D eigenvalue weighted by atomic mass is 10.1. The first kappa shape index (κ1) is 13.1. The van der Waals surface area contributed by atoms with Crippen molar-refractivity contribution in [1.82, 2.24) is 9.97 Å². The van der Waals surface area contributed by atoms with E-state index in [1.54, 1.807) is 6.20 Å². The molecule has 0 aliphatic heterocycles. The maximum Gasteiger partial charge on any atom is 0.224 e. The number of rotatable bonds is 6. The van der Waals surface area contributed by atoms with E-state index >= 15 is 0 Å². The van der Waals surface area contributed by atoms with E-state index in [0.717, 1.165) is 44.6 Å². The number of hydrogen-bond donors (Lipinski definition) is 3. The molecular formula is C13H22N4O. The van der Waals surface area contributed by atoms with Gasteiger partial charge < -0.3 is 15.7 Å². The minimum Gasteiger partial charge on any atom is -0.393 e. The highest BCUT2D eigenvalue weighted by Crippen LogP contribution is 2.25. The van der Waals surface area contributed by atoms with Gasteiger partial charge in [0.2, 0.25) is 5.95 Å². The standard InChI is InChI=1S/C13H22N4O/c1-2-6-14-13-15-7-5-12(17-13)16-9-10-3-4-11(18)8-10/h5,7,10-11,18H,2-4,6,8-9H2,1H3,(H2,14,15,16,17). The number of aliphatic hydroxyl groups excluding tert-OH is 1. The molecule has 1 aromatic heterocycles. The van der Waals surface area contributed by atoms with E-state index in [-0.39, 0.29) is 6.10 Å². The van der Waals surface area contributed by atoms with Crippen molar-refractivity contribution in [3.05, 3.63) is 12.3 Å². The second-order valence-electron chi connectivity index (χ2n) is 4.91. The van der Waals surface area contributed by atoms with Gasteiger partial charge in [-0.15, -0.1) is 0 Å². The van der Waals surface area contributed by atoms with Crippen molar-refractivity contribution in [2.45, 2.75) is 38.7 Å². The Bertz CT molecular complexity index is 372. The third-order valence-electron chi connectivity index (χ3n) is 3.27. The number of hydrogen-bond acceptors (Lipinski definition) is 5. The van der Waals surface area contributed by atoms with Gasteiger partial charge in [-0.25, -0.2) is 4.98 Å². The van der Waals surface area contributed by atoms with Gasteiger partial charge in [-0.1, -0.05) is 6.92 Å². The van der Waals surface area contributed by atoms with E-state index in [1.807, 2.05) is 6.07 Å². The lowest BCUT2D eigenvalue weighted by Gasteiger charge is -2.12. The molecule has 5 nitrogen and oxygen atoms in total. The second kappa shape index (κ2) is 6.54. The Morgan fingerprint density at radius 3 is 3.00 bits per heavy atom. The van der Waals surface area contributed by atoms with Crippen LogP contribution in [0.2, 0.25) is 0 Å². The summed E-state index contributed by atoms with van der Waals surface area (Å²) in [6.45, 7) is 3.88. The minimum atomic E-state index is -0.107. The van der Waals surface area contributed by atoms with Crippen LogP contribution in [0.3, 0.4) is 0 Å². The van der Waals surface area contributed by atoms with Gasteiger partial charge in [0.05, 0.1) is 6.10 Å². The molecule has 2 unspecified atom stereocenters. The fourth-order valence-corrected chi connectivity index (χ4v) is 2.26. The summed E-state index contributed by atoms with van der Waals surface area (Å²) < 4.78 is 0. The monoisotopic (exact) mass is 250 g/mol. The van der Waals surface area contributed by atoms with Gasteiger partial charge in [0.1, 0.15) is 5.82 Å². The molecule has 5 heteroatoms. The average molecular weight is 250 g/mol. The summed E-state index contributed by atoms with van der Waals surface area (Å²) in [5, 5.41) is 16.0. The van der Waals surface area contributed by atoms with Crippen molar-refractivity contribution in [3.8, 4) is 0 Å². The number of aromatic nitrogens is 2. The number of nitrogens with zero attached hydrogens (tertiary/aromatic N) is 2. The highest BCUT2D eigenvalue weighted by Gasteiger charge is 2.22. The Morgan fingerprint density at radius 1 is 1.39 bits per heavy atom. The van der Waals surface area contributed by atoms with Gasteiger partial charge in [-0.2, -0.15) is 4.98 Å². The number of nitrogens with one attached hydrogen (secondary N) is 2. The first-order valence-electron chi connectivity index (χ1n) is 6.76. The third-order valence-corrected chi connectivity index (χ3v) is 3.27. The Balaban J connectivity index is 1.81. The van der Waals surface area contributed by atoms with E-state index in [0.29, 0.717) is 11.9 Å². The molecule has 3 N–H and O–H groups in total. The summed E-state index contributed by atoms with van der Waals surface area (Å²) in [5.41, 5.74) is 0. The van der Waals surface area contributed by atoms with Crippen molar-refractivity contribution >= 4 is 11.8 Å². The van der Waals surface area contributed by atoms with E-state index in [2.05, 4.69) is 27.5 Å². The summed E-state index contributed by atoms with van der Waals surface area (Å²) in [4.78, 5) is 8.56. The van der Waals surface area contributed by atoms with E-state index in [4.69, 9.17) is 0 Å².